The molecule has 2 heterocycles. The van der Waals surface area contributed by atoms with Crippen LogP contribution in [0, 0.1) is 6.92 Å². The molecule has 2 aromatic carbocycles. The Kier molecular flexibility index (Phi) is 3.61. The first-order valence-electron chi connectivity index (χ1n) is 8.12. The molecule has 0 radical (unpaired) electrons. The zero-order valence-corrected chi connectivity index (χ0v) is 13.9. The summed E-state index contributed by atoms with van der Waals surface area (Å²) < 4.78 is 3.61. The summed E-state index contributed by atoms with van der Waals surface area (Å²) in [5.41, 5.74) is 9.87. The van der Waals surface area contributed by atoms with E-state index in [1.807, 2.05) is 78.3 Å². The highest BCUT2D eigenvalue weighted by molar-refractivity contribution is 5.75. The monoisotopic (exact) mass is 330 g/mol. The molecule has 2 N–H and O–H groups in total. The molecule has 5 nitrogen and oxygen atoms in total. The van der Waals surface area contributed by atoms with Crippen molar-refractivity contribution in [3.8, 4) is 5.69 Å². The van der Waals surface area contributed by atoms with Gasteiger partial charge in [0.2, 0.25) is 0 Å². The van der Waals surface area contributed by atoms with Crippen molar-refractivity contribution in [2.24, 2.45) is 0 Å². The van der Waals surface area contributed by atoms with Crippen LogP contribution in [0.4, 0.5) is 5.69 Å². The van der Waals surface area contributed by atoms with Gasteiger partial charge in [-0.25, -0.2) is 9.67 Å². The number of aryl methyl sites for hydroxylation is 1. The average Bonchev–Trinajstić information content (AvgIpc) is 2.89. The second-order valence-electron chi connectivity index (χ2n) is 6.08. The molecule has 0 fully saturated rings. The Hall–Kier alpha value is -3.34. The second-order valence-corrected chi connectivity index (χ2v) is 6.08. The van der Waals surface area contributed by atoms with Crippen LogP contribution in [-0.2, 0) is 6.54 Å². The predicted molar refractivity (Wildman–Crippen MR) is 100 cm³/mol. The molecular formula is C20H18N4O. The van der Waals surface area contributed by atoms with Crippen molar-refractivity contribution in [3.05, 3.63) is 88.3 Å². The number of fused-ring (bicyclic) bond motifs is 1. The van der Waals surface area contributed by atoms with Crippen LogP contribution in [0.25, 0.3) is 16.7 Å². The maximum absolute atomic E-state index is 13.0. The molecule has 0 aliphatic heterocycles. The Bertz CT molecular complexity index is 1090. The third-order valence-electron chi connectivity index (χ3n) is 4.24. The quantitative estimate of drug-likeness (QED) is 0.587. The highest BCUT2D eigenvalue weighted by Gasteiger charge is 2.16. The fraction of sp³-hybridized carbons (Fsp3) is 0.100. The topological polar surface area (TPSA) is 65.8 Å². The van der Waals surface area contributed by atoms with E-state index in [0.717, 1.165) is 22.6 Å². The first kappa shape index (κ1) is 15.2. The van der Waals surface area contributed by atoms with Crippen LogP contribution in [0.15, 0.2) is 71.5 Å². The number of pyridine rings is 1. The summed E-state index contributed by atoms with van der Waals surface area (Å²) in [6, 6.07) is 21.0. The van der Waals surface area contributed by atoms with Crippen LogP contribution >= 0.6 is 0 Å². The molecular weight excluding hydrogens is 312 g/mol. The van der Waals surface area contributed by atoms with Crippen LogP contribution in [0.2, 0.25) is 0 Å². The Morgan fingerprint density at radius 1 is 0.960 bits per heavy atom. The molecule has 4 aromatic rings. The highest BCUT2D eigenvalue weighted by atomic mass is 16.1. The molecule has 0 aliphatic rings. The van der Waals surface area contributed by atoms with Gasteiger partial charge in [0, 0.05) is 11.4 Å². The molecule has 0 atom stereocenters. The van der Waals surface area contributed by atoms with Gasteiger partial charge in [0.15, 0.2) is 5.65 Å². The molecule has 25 heavy (non-hydrogen) atoms. The van der Waals surface area contributed by atoms with E-state index in [1.54, 1.807) is 4.68 Å². The largest absolute Gasteiger partial charge is 0.399 e. The van der Waals surface area contributed by atoms with Gasteiger partial charge in [-0.15, -0.1) is 0 Å². The Labute approximate surface area is 144 Å². The summed E-state index contributed by atoms with van der Waals surface area (Å²) in [6.45, 7) is 2.46. The zero-order chi connectivity index (χ0) is 17.4. The Balaban J connectivity index is 1.98. The summed E-state index contributed by atoms with van der Waals surface area (Å²) in [4.78, 5) is 17.6. The van der Waals surface area contributed by atoms with Gasteiger partial charge in [0.1, 0.15) is 0 Å². The van der Waals surface area contributed by atoms with Crippen LogP contribution in [0.3, 0.4) is 0 Å². The highest BCUT2D eigenvalue weighted by Crippen LogP contribution is 2.17. The van der Waals surface area contributed by atoms with E-state index in [9.17, 15) is 4.79 Å². The molecule has 0 bridgehead atoms. The van der Waals surface area contributed by atoms with Crippen LogP contribution in [0.1, 0.15) is 11.3 Å². The number of rotatable bonds is 3. The van der Waals surface area contributed by atoms with Gasteiger partial charge >= 0.3 is 0 Å². The SMILES string of the molecule is Cc1ccc2c(=O)n(-c3ccccc3)n(Cc3ccc(N)cc3)c2n1. The smallest absolute Gasteiger partial charge is 0.280 e. The molecule has 0 saturated carbocycles. The summed E-state index contributed by atoms with van der Waals surface area (Å²) in [5.74, 6) is 0. The van der Waals surface area contributed by atoms with E-state index < -0.39 is 0 Å². The van der Waals surface area contributed by atoms with Gasteiger partial charge in [0.25, 0.3) is 5.56 Å². The molecule has 5 heteroatoms. The molecule has 0 saturated heterocycles. The molecule has 124 valence electrons. The lowest BCUT2D eigenvalue weighted by atomic mass is 10.2. The van der Waals surface area contributed by atoms with E-state index in [0.29, 0.717) is 17.6 Å². The predicted octanol–water partition coefficient (Wildman–Crippen LogP) is 3.13. The normalized spacial score (nSPS) is 11.1. The third-order valence-corrected chi connectivity index (χ3v) is 4.24. The van der Waals surface area contributed by atoms with Crippen molar-refractivity contribution < 1.29 is 0 Å². The Morgan fingerprint density at radius 3 is 2.40 bits per heavy atom. The number of hydrogen-bond donors (Lipinski definition) is 1. The average molecular weight is 330 g/mol. The number of nitrogens with zero attached hydrogens (tertiary/aromatic N) is 3. The van der Waals surface area contributed by atoms with Gasteiger partial charge in [-0.05, 0) is 48.9 Å². The Morgan fingerprint density at radius 2 is 1.68 bits per heavy atom. The minimum absolute atomic E-state index is 0.0656. The summed E-state index contributed by atoms with van der Waals surface area (Å²) >= 11 is 0. The van der Waals surface area contributed by atoms with Crippen molar-refractivity contribution in [3.63, 3.8) is 0 Å². The van der Waals surface area contributed by atoms with E-state index in [4.69, 9.17) is 5.73 Å². The second kappa shape index (κ2) is 5.94. The van der Waals surface area contributed by atoms with Crippen LogP contribution in [-0.4, -0.2) is 14.3 Å². The first-order valence-corrected chi connectivity index (χ1v) is 8.12. The fourth-order valence-corrected chi connectivity index (χ4v) is 2.99. The molecule has 0 aliphatic carbocycles. The minimum Gasteiger partial charge on any atom is -0.399 e. The van der Waals surface area contributed by atoms with Crippen molar-refractivity contribution in [1.82, 2.24) is 14.3 Å². The number of nitrogen functional groups attached to an aromatic ring is 1. The lowest BCUT2D eigenvalue weighted by Gasteiger charge is -2.12. The van der Waals surface area contributed by atoms with Crippen molar-refractivity contribution >= 4 is 16.7 Å². The molecule has 4 rings (SSSR count). The molecule has 0 spiro atoms. The van der Waals surface area contributed by atoms with E-state index in [1.165, 1.54) is 0 Å². The first-order chi connectivity index (χ1) is 12.1. The lowest BCUT2D eigenvalue weighted by molar-refractivity contribution is 0.607. The third kappa shape index (κ3) is 2.70. The summed E-state index contributed by atoms with van der Waals surface area (Å²) in [5, 5.41) is 0.616. The number of nitrogens with two attached hydrogens (primary N) is 1. The van der Waals surface area contributed by atoms with Gasteiger partial charge < -0.3 is 5.73 Å². The molecule has 0 unspecified atom stereocenters. The summed E-state index contributed by atoms with van der Waals surface area (Å²) in [6.07, 6.45) is 0. The van der Waals surface area contributed by atoms with Gasteiger partial charge in [-0.1, -0.05) is 30.3 Å². The number of aromatic nitrogens is 3. The van der Waals surface area contributed by atoms with E-state index in [-0.39, 0.29) is 5.56 Å². The van der Waals surface area contributed by atoms with Crippen molar-refractivity contribution in [1.29, 1.82) is 0 Å². The zero-order valence-electron chi connectivity index (χ0n) is 13.9. The number of benzene rings is 2. The molecule has 0 amide bonds. The standard InChI is InChI=1S/C20H18N4O/c1-14-7-12-18-19(22-14)23(13-15-8-10-16(21)11-9-15)24(20(18)25)17-5-3-2-4-6-17/h2-12H,13,21H2,1H3. The maximum atomic E-state index is 13.0. The van der Waals surface area contributed by atoms with Gasteiger partial charge in [0.05, 0.1) is 17.6 Å². The number of para-hydroxylation sites is 1. The van der Waals surface area contributed by atoms with E-state index in [2.05, 4.69) is 4.98 Å². The number of anilines is 1. The lowest BCUT2D eigenvalue weighted by Crippen LogP contribution is -2.21. The van der Waals surface area contributed by atoms with Gasteiger partial charge in [-0.2, -0.15) is 0 Å². The van der Waals surface area contributed by atoms with E-state index >= 15 is 0 Å². The van der Waals surface area contributed by atoms with Crippen molar-refractivity contribution in [2.45, 2.75) is 13.5 Å². The number of hydrogen-bond acceptors (Lipinski definition) is 3. The fourth-order valence-electron chi connectivity index (χ4n) is 2.99. The summed E-state index contributed by atoms with van der Waals surface area (Å²) in [7, 11) is 0. The molecule has 2 aromatic heterocycles. The minimum atomic E-state index is -0.0656. The van der Waals surface area contributed by atoms with Crippen LogP contribution in [0.5, 0.6) is 0 Å². The van der Waals surface area contributed by atoms with Gasteiger partial charge in [-0.3, -0.25) is 9.48 Å². The van der Waals surface area contributed by atoms with Crippen LogP contribution < -0.4 is 11.3 Å². The van der Waals surface area contributed by atoms with Crippen molar-refractivity contribution in [2.75, 3.05) is 5.73 Å². The maximum Gasteiger partial charge on any atom is 0.280 e.